The maximum Gasteiger partial charge on any atom is 0.303 e. The molecule has 0 aliphatic carbocycles. The van der Waals surface area contributed by atoms with E-state index >= 15 is 0 Å². The van der Waals surface area contributed by atoms with Gasteiger partial charge in [-0.15, -0.1) is 11.3 Å². The summed E-state index contributed by atoms with van der Waals surface area (Å²) < 4.78 is 6.41. The monoisotopic (exact) mass is 429 g/mol. The van der Waals surface area contributed by atoms with Gasteiger partial charge < -0.3 is 19.8 Å². The van der Waals surface area contributed by atoms with E-state index in [2.05, 4.69) is 79.0 Å². The molecule has 3 rings (SSSR count). The number of rotatable bonds is 9. The Morgan fingerprint density at radius 2 is 1.63 bits per heavy atom. The van der Waals surface area contributed by atoms with Gasteiger partial charge in [0, 0.05) is 23.2 Å². The van der Waals surface area contributed by atoms with E-state index in [1.54, 1.807) is 11.3 Å². The predicted molar refractivity (Wildman–Crippen MR) is 119 cm³/mol. The molecule has 2 aromatic carbocycles. The van der Waals surface area contributed by atoms with E-state index < -0.39 is 11.9 Å². The Kier molecular flexibility index (Phi) is 9.31. The molecule has 0 aliphatic heterocycles. The maximum atomic E-state index is 9.64. The number of benzene rings is 2. The molecule has 0 radical (unpaired) electrons. The largest absolute Gasteiger partial charge is 0.484 e. The van der Waals surface area contributed by atoms with Gasteiger partial charge in [0.15, 0.2) is 0 Å². The molecule has 30 heavy (non-hydrogen) atoms. The van der Waals surface area contributed by atoms with Crippen molar-refractivity contribution in [2.75, 3.05) is 20.6 Å². The van der Waals surface area contributed by atoms with E-state index in [1.807, 2.05) is 0 Å². The predicted octanol–water partition coefficient (Wildman–Crippen LogP) is 4.91. The van der Waals surface area contributed by atoms with Gasteiger partial charge in [-0.3, -0.25) is 9.59 Å². The zero-order chi connectivity index (χ0) is 21.9. The lowest BCUT2D eigenvalue weighted by Gasteiger charge is -2.21. The second kappa shape index (κ2) is 11.9. The third kappa shape index (κ3) is 7.85. The van der Waals surface area contributed by atoms with E-state index in [0.717, 1.165) is 18.7 Å². The van der Waals surface area contributed by atoms with Crippen molar-refractivity contribution in [1.82, 2.24) is 4.90 Å². The Morgan fingerprint density at radius 3 is 2.23 bits per heavy atom. The number of carboxylic acids is 2. The molecule has 0 amide bonds. The van der Waals surface area contributed by atoms with Crippen molar-refractivity contribution < 1.29 is 24.5 Å². The van der Waals surface area contributed by atoms with Crippen LogP contribution in [0.3, 0.4) is 0 Å². The lowest BCUT2D eigenvalue weighted by atomic mass is 10.1. The number of aliphatic carboxylic acids is 2. The molecule has 0 spiro atoms. The number of thiophene rings is 1. The number of hydrogen-bond acceptors (Lipinski definition) is 5. The summed E-state index contributed by atoms with van der Waals surface area (Å²) in [5.74, 6) is -1.19. The van der Waals surface area contributed by atoms with Gasteiger partial charge in [-0.1, -0.05) is 42.5 Å². The van der Waals surface area contributed by atoms with Crippen LogP contribution in [0.15, 0.2) is 60.0 Å². The van der Waals surface area contributed by atoms with Crippen LogP contribution in [0, 0.1) is 0 Å². The molecular formula is C23H27NO5S. The summed E-state index contributed by atoms with van der Waals surface area (Å²) in [4.78, 5) is 22.8. The van der Waals surface area contributed by atoms with E-state index in [9.17, 15) is 9.59 Å². The highest BCUT2D eigenvalue weighted by molar-refractivity contribution is 7.10. The zero-order valence-corrected chi connectivity index (χ0v) is 18.0. The number of carboxylic acid groups (broad SMARTS) is 2. The van der Waals surface area contributed by atoms with Crippen molar-refractivity contribution in [3.8, 4) is 5.75 Å². The van der Waals surface area contributed by atoms with E-state index in [-0.39, 0.29) is 18.9 Å². The second-order valence-electron chi connectivity index (χ2n) is 6.98. The summed E-state index contributed by atoms with van der Waals surface area (Å²) in [5, 5.41) is 20.3. The van der Waals surface area contributed by atoms with Gasteiger partial charge in [-0.25, -0.2) is 0 Å². The summed E-state index contributed by atoms with van der Waals surface area (Å²) in [6.07, 6.45) is 0.495. The van der Waals surface area contributed by atoms with Crippen LogP contribution in [0.2, 0.25) is 0 Å². The number of carbonyl (C=O) groups is 2. The molecule has 3 aromatic rings. The molecule has 2 N–H and O–H groups in total. The summed E-state index contributed by atoms with van der Waals surface area (Å²) in [6, 6.07) is 18.9. The highest BCUT2D eigenvalue weighted by Crippen LogP contribution is 2.32. The minimum absolute atomic E-state index is 0.105. The fourth-order valence-electron chi connectivity index (χ4n) is 2.77. The average Bonchev–Trinajstić information content (AvgIpc) is 3.25. The first-order chi connectivity index (χ1) is 14.4. The van der Waals surface area contributed by atoms with Crippen molar-refractivity contribution in [3.05, 3.63) is 64.9 Å². The van der Waals surface area contributed by atoms with Crippen molar-refractivity contribution in [1.29, 1.82) is 0 Å². The van der Waals surface area contributed by atoms with Crippen LogP contribution in [0.4, 0.5) is 0 Å². The first-order valence-corrected chi connectivity index (χ1v) is 10.5. The molecule has 0 saturated carbocycles. The van der Waals surface area contributed by atoms with Crippen LogP contribution in [0.25, 0.3) is 10.8 Å². The van der Waals surface area contributed by atoms with E-state index in [1.165, 1.54) is 15.6 Å². The van der Waals surface area contributed by atoms with E-state index in [0.29, 0.717) is 0 Å². The summed E-state index contributed by atoms with van der Waals surface area (Å²) in [5.41, 5.74) is 0. The second-order valence-corrected chi connectivity index (χ2v) is 7.96. The minimum atomic E-state index is -1.08. The van der Waals surface area contributed by atoms with Gasteiger partial charge in [0.2, 0.25) is 0 Å². The highest BCUT2D eigenvalue weighted by atomic mass is 32.1. The molecule has 0 saturated heterocycles. The molecule has 0 aliphatic rings. The Balaban J connectivity index is 0.000000343. The van der Waals surface area contributed by atoms with Crippen LogP contribution in [-0.2, 0) is 9.59 Å². The Labute approximate surface area is 180 Å². The van der Waals surface area contributed by atoms with Gasteiger partial charge in [-0.2, -0.15) is 0 Å². The fraction of sp³-hybridized carbons (Fsp3) is 0.304. The smallest absolute Gasteiger partial charge is 0.303 e. The Morgan fingerprint density at radius 1 is 0.967 bits per heavy atom. The van der Waals surface area contributed by atoms with Crippen LogP contribution >= 0.6 is 11.3 Å². The minimum Gasteiger partial charge on any atom is -0.484 e. The number of ether oxygens (including phenoxy) is 1. The molecule has 1 aromatic heterocycles. The summed E-state index contributed by atoms with van der Waals surface area (Å²) >= 11 is 1.76. The van der Waals surface area contributed by atoms with Gasteiger partial charge in [0.05, 0.1) is 12.8 Å². The van der Waals surface area contributed by atoms with Crippen LogP contribution in [0.5, 0.6) is 5.75 Å². The van der Waals surface area contributed by atoms with Gasteiger partial charge in [0.1, 0.15) is 11.9 Å². The maximum absolute atomic E-state index is 9.64. The van der Waals surface area contributed by atoms with Crippen molar-refractivity contribution in [3.63, 3.8) is 0 Å². The number of fused-ring (bicyclic) bond motifs is 1. The molecule has 0 fully saturated rings. The highest BCUT2D eigenvalue weighted by Gasteiger charge is 2.16. The van der Waals surface area contributed by atoms with Gasteiger partial charge in [-0.05, 0) is 37.0 Å². The lowest BCUT2D eigenvalue weighted by molar-refractivity contribution is -0.143. The third-order valence-corrected chi connectivity index (χ3v) is 5.23. The molecule has 0 bridgehead atoms. The van der Waals surface area contributed by atoms with Crippen LogP contribution < -0.4 is 4.74 Å². The Bertz CT molecular complexity index is 920. The molecule has 7 heteroatoms. The third-order valence-electron chi connectivity index (χ3n) is 4.27. The SMILES string of the molecule is CN(C)CCC(Oc1cccc2ccccc12)c1cccs1.O=C(O)CCC(=O)O. The molecule has 1 atom stereocenters. The van der Waals surface area contributed by atoms with Crippen molar-refractivity contribution in [2.45, 2.75) is 25.4 Å². The normalized spacial score (nSPS) is 11.6. The lowest BCUT2D eigenvalue weighted by Crippen LogP contribution is -2.18. The van der Waals surface area contributed by atoms with Crippen molar-refractivity contribution >= 4 is 34.0 Å². The molecule has 1 unspecified atom stereocenters. The first-order valence-electron chi connectivity index (χ1n) is 9.63. The quantitative estimate of drug-likeness (QED) is 0.503. The zero-order valence-electron chi connectivity index (χ0n) is 17.2. The summed E-state index contributed by atoms with van der Waals surface area (Å²) in [6.45, 7) is 1.01. The molecule has 6 nitrogen and oxygen atoms in total. The van der Waals surface area contributed by atoms with Crippen LogP contribution in [-0.4, -0.2) is 47.7 Å². The van der Waals surface area contributed by atoms with Gasteiger partial charge >= 0.3 is 11.9 Å². The number of hydrogen-bond donors (Lipinski definition) is 2. The standard InChI is InChI=1S/C19H21NOS.C4H6O4/c1-20(2)13-12-18(19-11-6-14-22-19)21-17-10-5-8-15-7-3-4-9-16(15)17;5-3(6)1-2-4(7)8/h3-11,14,18H,12-13H2,1-2H3;1-2H2,(H,5,6)(H,7,8). The molecule has 1 heterocycles. The van der Waals surface area contributed by atoms with Gasteiger partial charge in [0.25, 0.3) is 0 Å². The summed E-state index contributed by atoms with van der Waals surface area (Å²) in [7, 11) is 4.20. The van der Waals surface area contributed by atoms with E-state index in [4.69, 9.17) is 14.9 Å². The van der Waals surface area contributed by atoms with Crippen molar-refractivity contribution in [2.24, 2.45) is 0 Å². The topological polar surface area (TPSA) is 87.1 Å². The molecular weight excluding hydrogens is 402 g/mol. The Hall–Kier alpha value is -2.90. The molecule has 160 valence electrons. The fourth-order valence-corrected chi connectivity index (χ4v) is 3.56. The number of nitrogens with zero attached hydrogens (tertiary/aromatic N) is 1. The van der Waals surface area contributed by atoms with Crippen LogP contribution in [0.1, 0.15) is 30.2 Å². The first kappa shape index (κ1) is 23.4. The average molecular weight is 430 g/mol.